The molecule has 0 radical (unpaired) electrons. The number of nitrogens with two attached hydrogens (primary N) is 1. The second-order valence-electron chi connectivity index (χ2n) is 5.76. The van der Waals surface area contributed by atoms with Crippen molar-refractivity contribution in [2.45, 2.75) is 25.2 Å². The first-order valence-electron chi connectivity index (χ1n) is 6.81. The van der Waals surface area contributed by atoms with Crippen molar-refractivity contribution in [3.05, 3.63) is 28.8 Å². The number of primary sulfonamides is 1. The molecule has 5 nitrogen and oxygen atoms in total. The number of amides is 1. The van der Waals surface area contributed by atoms with Crippen molar-refractivity contribution >= 4 is 27.5 Å². The molecule has 1 heterocycles. The summed E-state index contributed by atoms with van der Waals surface area (Å²) in [6, 6.07) is 4.00. The molecule has 1 atom stereocenters. The molecule has 21 heavy (non-hydrogen) atoms. The fraction of sp³-hybridized carbons (Fsp3) is 0.500. The molecule has 1 aliphatic rings. The minimum absolute atomic E-state index is 0.141. The molecule has 116 valence electrons. The lowest BCUT2D eigenvalue weighted by molar-refractivity contribution is 0.0784. The third-order valence-electron chi connectivity index (χ3n) is 3.90. The predicted molar refractivity (Wildman–Crippen MR) is 81.7 cm³/mol. The molecule has 2 N–H and O–H groups in total. The minimum atomic E-state index is -3.88. The number of hydrogen-bond donors (Lipinski definition) is 1. The van der Waals surface area contributed by atoms with Crippen molar-refractivity contribution < 1.29 is 13.2 Å². The maximum absolute atomic E-state index is 12.5. The molecule has 1 fully saturated rings. The highest BCUT2D eigenvalue weighted by Gasteiger charge is 2.29. The van der Waals surface area contributed by atoms with Crippen LogP contribution in [0.5, 0.6) is 0 Å². The van der Waals surface area contributed by atoms with Crippen molar-refractivity contribution in [1.29, 1.82) is 0 Å². The molecule has 1 aromatic carbocycles. The summed E-state index contributed by atoms with van der Waals surface area (Å²) in [6.45, 7) is 5.64. The summed E-state index contributed by atoms with van der Waals surface area (Å²) in [5, 5.41) is 5.28. The van der Waals surface area contributed by atoms with E-state index >= 15 is 0 Å². The Kier molecular flexibility index (Phi) is 4.60. The number of nitrogens with zero attached hydrogens (tertiary/aromatic N) is 1. The standard InChI is InChI=1S/C14H19ClN2O3S/c1-9(2)10-3-4-17(8-10)14(18)11-5-12(15)7-13(6-11)21(16,19)20/h5-7,9-10H,3-4,8H2,1-2H3,(H2,16,19,20). The lowest BCUT2D eigenvalue weighted by atomic mass is 9.95. The van der Waals surface area contributed by atoms with Crippen LogP contribution in [0.1, 0.15) is 30.6 Å². The maximum Gasteiger partial charge on any atom is 0.253 e. The molecule has 1 saturated heterocycles. The zero-order chi connectivity index (χ0) is 15.8. The van der Waals surface area contributed by atoms with E-state index in [9.17, 15) is 13.2 Å². The Morgan fingerprint density at radius 2 is 2.05 bits per heavy atom. The summed E-state index contributed by atoms with van der Waals surface area (Å²) in [5.74, 6) is 0.790. The summed E-state index contributed by atoms with van der Waals surface area (Å²) in [7, 11) is -3.88. The smallest absolute Gasteiger partial charge is 0.253 e. The first-order valence-corrected chi connectivity index (χ1v) is 8.73. The van der Waals surface area contributed by atoms with Gasteiger partial charge in [-0.25, -0.2) is 13.6 Å². The van der Waals surface area contributed by atoms with Gasteiger partial charge in [0.1, 0.15) is 0 Å². The van der Waals surface area contributed by atoms with Crippen LogP contribution in [-0.2, 0) is 10.0 Å². The number of hydrogen-bond acceptors (Lipinski definition) is 3. The van der Waals surface area contributed by atoms with Crippen LogP contribution < -0.4 is 5.14 Å². The van der Waals surface area contributed by atoms with Crippen molar-refractivity contribution in [2.24, 2.45) is 17.0 Å². The number of rotatable bonds is 3. The van der Waals surface area contributed by atoms with Crippen LogP contribution in [0.25, 0.3) is 0 Å². The molecule has 0 aliphatic carbocycles. The van der Waals surface area contributed by atoms with Crippen LogP contribution in [0, 0.1) is 11.8 Å². The first-order chi connectivity index (χ1) is 9.68. The van der Waals surface area contributed by atoms with Crippen molar-refractivity contribution in [2.75, 3.05) is 13.1 Å². The Morgan fingerprint density at radius 3 is 2.57 bits per heavy atom. The van der Waals surface area contributed by atoms with Gasteiger partial charge in [0, 0.05) is 23.7 Å². The van der Waals surface area contributed by atoms with E-state index < -0.39 is 10.0 Å². The van der Waals surface area contributed by atoms with Gasteiger partial charge in [-0.2, -0.15) is 0 Å². The molecule has 0 bridgehead atoms. The number of halogens is 1. The normalized spacial score (nSPS) is 19.3. The average Bonchev–Trinajstić information content (AvgIpc) is 2.85. The van der Waals surface area contributed by atoms with Gasteiger partial charge in [0.2, 0.25) is 10.0 Å². The summed E-state index contributed by atoms with van der Waals surface area (Å²) in [6.07, 6.45) is 0.964. The molecule has 0 spiro atoms. The molecule has 1 unspecified atom stereocenters. The zero-order valence-electron chi connectivity index (χ0n) is 12.0. The van der Waals surface area contributed by atoms with Gasteiger partial charge in [0.05, 0.1) is 4.90 Å². The molecule has 0 aromatic heterocycles. The van der Waals surface area contributed by atoms with Crippen molar-refractivity contribution in [3.8, 4) is 0 Å². The Labute approximate surface area is 130 Å². The molecule has 1 aliphatic heterocycles. The molecule has 1 aromatic rings. The summed E-state index contributed by atoms with van der Waals surface area (Å²) in [4.78, 5) is 14.1. The SMILES string of the molecule is CC(C)C1CCN(C(=O)c2cc(Cl)cc(S(N)(=O)=O)c2)C1. The third kappa shape index (κ3) is 3.75. The van der Waals surface area contributed by atoms with Gasteiger partial charge in [0.15, 0.2) is 0 Å². The van der Waals surface area contributed by atoms with Crippen LogP contribution in [0.15, 0.2) is 23.1 Å². The lowest BCUT2D eigenvalue weighted by Gasteiger charge is -2.18. The van der Waals surface area contributed by atoms with Crippen molar-refractivity contribution in [3.63, 3.8) is 0 Å². The second kappa shape index (κ2) is 5.94. The first kappa shape index (κ1) is 16.3. The van der Waals surface area contributed by atoms with E-state index in [1.54, 1.807) is 4.90 Å². The monoisotopic (exact) mass is 330 g/mol. The van der Waals surface area contributed by atoms with Gasteiger partial charge in [-0.15, -0.1) is 0 Å². The highest BCUT2D eigenvalue weighted by molar-refractivity contribution is 7.89. The highest BCUT2D eigenvalue weighted by Crippen LogP contribution is 2.26. The number of likely N-dealkylation sites (tertiary alicyclic amines) is 1. The average molecular weight is 331 g/mol. The van der Waals surface area contributed by atoms with Gasteiger partial charge in [-0.1, -0.05) is 25.4 Å². The summed E-state index contributed by atoms with van der Waals surface area (Å²) < 4.78 is 22.8. The maximum atomic E-state index is 12.5. The van der Waals surface area contributed by atoms with E-state index in [4.69, 9.17) is 16.7 Å². The number of sulfonamides is 1. The van der Waals surface area contributed by atoms with Gasteiger partial charge < -0.3 is 4.90 Å². The Balaban J connectivity index is 2.26. The quantitative estimate of drug-likeness (QED) is 0.921. The van der Waals surface area contributed by atoms with Crippen LogP contribution in [-0.4, -0.2) is 32.3 Å². The van der Waals surface area contributed by atoms with E-state index in [1.165, 1.54) is 18.2 Å². The van der Waals surface area contributed by atoms with Gasteiger partial charge >= 0.3 is 0 Å². The Bertz CT molecular complexity index is 658. The molecule has 7 heteroatoms. The van der Waals surface area contributed by atoms with Gasteiger partial charge in [-0.3, -0.25) is 4.79 Å². The number of benzene rings is 1. The van der Waals surface area contributed by atoms with E-state index in [1.807, 2.05) is 0 Å². The third-order valence-corrected chi connectivity index (χ3v) is 5.01. The largest absolute Gasteiger partial charge is 0.338 e. The number of carbonyl (C=O) groups is 1. The lowest BCUT2D eigenvalue weighted by Crippen LogP contribution is -2.29. The second-order valence-corrected chi connectivity index (χ2v) is 7.76. The summed E-state index contributed by atoms with van der Waals surface area (Å²) >= 11 is 5.90. The Morgan fingerprint density at radius 1 is 1.38 bits per heavy atom. The summed E-state index contributed by atoms with van der Waals surface area (Å²) in [5.41, 5.74) is 0.260. The van der Waals surface area contributed by atoms with Crippen LogP contribution in [0.3, 0.4) is 0 Å². The van der Waals surface area contributed by atoms with E-state index in [0.717, 1.165) is 6.42 Å². The Hall–Kier alpha value is -1.11. The minimum Gasteiger partial charge on any atom is -0.338 e. The zero-order valence-corrected chi connectivity index (χ0v) is 13.6. The molecular formula is C14H19ClN2O3S. The molecule has 1 amide bonds. The van der Waals surface area contributed by atoms with Gasteiger partial charge in [-0.05, 0) is 36.5 Å². The van der Waals surface area contributed by atoms with Crippen LogP contribution in [0.4, 0.5) is 0 Å². The molecule has 2 rings (SSSR count). The van der Waals surface area contributed by atoms with E-state index in [0.29, 0.717) is 24.9 Å². The topological polar surface area (TPSA) is 80.5 Å². The molecular weight excluding hydrogens is 312 g/mol. The molecule has 0 saturated carbocycles. The van der Waals surface area contributed by atoms with E-state index in [-0.39, 0.29) is 21.4 Å². The van der Waals surface area contributed by atoms with Crippen LogP contribution >= 0.6 is 11.6 Å². The van der Waals surface area contributed by atoms with E-state index in [2.05, 4.69) is 13.8 Å². The highest BCUT2D eigenvalue weighted by atomic mass is 35.5. The fourth-order valence-electron chi connectivity index (χ4n) is 2.55. The fourth-order valence-corrected chi connectivity index (χ4v) is 3.43. The number of carbonyl (C=O) groups excluding carboxylic acids is 1. The van der Waals surface area contributed by atoms with Crippen molar-refractivity contribution in [1.82, 2.24) is 4.90 Å². The van der Waals surface area contributed by atoms with Crippen LogP contribution in [0.2, 0.25) is 5.02 Å². The van der Waals surface area contributed by atoms with Gasteiger partial charge in [0.25, 0.3) is 5.91 Å². The predicted octanol–water partition coefficient (Wildman–Crippen LogP) is 2.11.